The van der Waals surface area contributed by atoms with Gasteiger partial charge in [0, 0.05) is 6.54 Å². The highest BCUT2D eigenvalue weighted by molar-refractivity contribution is 5.28. The van der Waals surface area contributed by atoms with Gasteiger partial charge in [0.25, 0.3) is 0 Å². The molecule has 0 saturated carbocycles. The van der Waals surface area contributed by atoms with Crippen molar-refractivity contribution in [3.8, 4) is 5.75 Å². The SMILES string of the molecule is CNCc1ccc(OCc2ccc(C(F)(F)F)cc2)cc1. The summed E-state index contributed by atoms with van der Waals surface area (Å²) in [6.07, 6.45) is -4.30. The fourth-order valence-corrected chi connectivity index (χ4v) is 1.86. The molecule has 0 heterocycles. The van der Waals surface area contributed by atoms with Gasteiger partial charge in [0.2, 0.25) is 0 Å². The quantitative estimate of drug-likeness (QED) is 0.900. The number of rotatable bonds is 5. The molecule has 2 aromatic carbocycles. The lowest BCUT2D eigenvalue weighted by Crippen LogP contribution is -2.05. The standard InChI is InChI=1S/C16H16F3NO/c1-20-10-12-4-8-15(9-5-12)21-11-13-2-6-14(7-3-13)16(17,18)19/h2-9,20H,10-11H2,1H3. The van der Waals surface area contributed by atoms with Gasteiger partial charge in [-0.25, -0.2) is 0 Å². The van der Waals surface area contributed by atoms with E-state index in [4.69, 9.17) is 4.74 Å². The van der Waals surface area contributed by atoms with Gasteiger partial charge in [-0.2, -0.15) is 13.2 Å². The number of ether oxygens (including phenoxy) is 1. The van der Waals surface area contributed by atoms with E-state index in [1.165, 1.54) is 12.1 Å². The zero-order valence-corrected chi connectivity index (χ0v) is 11.6. The van der Waals surface area contributed by atoms with Crippen molar-refractivity contribution in [1.82, 2.24) is 5.32 Å². The van der Waals surface area contributed by atoms with Gasteiger partial charge in [-0.1, -0.05) is 24.3 Å². The molecule has 0 unspecified atom stereocenters. The minimum absolute atomic E-state index is 0.240. The van der Waals surface area contributed by atoms with Gasteiger partial charge in [-0.15, -0.1) is 0 Å². The van der Waals surface area contributed by atoms with Gasteiger partial charge < -0.3 is 10.1 Å². The predicted molar refractivity (Wildman–Crippen MR) is 75.0 cm³/mol. The number of halogens is 3. The Hall–Kier alpha value is -2.01. The summed E-state index contributed by atoms with van der Waals surface area (Å²) in [5.74, 6) is 0.690. The molecule has 0 saturated heterocycles. The molecule has 0 amide bonds. The number of hydrogen-bond donors (Lipinski definition) is 1. The fourth-order valence-electron chi connectivity index (χ4n) is 1.86. The van der Waals surface area contributed by atoms with Crippen LogP contribution in [0, 0.1) is 0 Å². The number of hydrogen-bond acceptors (Lipinski definition) is 2. The van der Waals surface area contributed by atoms with Crippen molar-refractivity contribution in [2.45, 2.75) is 19.3 Å². The monoisotopic (exact) mass is 295 g/mol. The van der Waals surface area contributed by atoms with Crippen molar-refractivity contribution >= 4 is 0 Å². The molecule has 5 heteroatoms. The number of nitrogens with one attached hydrogen (secondary N) is 1. The summed E-state index contributed by atoms with van der Waals surface area (Å²) < 4.78 is 42.9. The van der Waals surface area contributed by atoms with Crippen molar-refractivity contribution in [2.75, 3.05) is 7.05 Å². The van der Waals surface area contributed by atoms with E-state index in [1.54, 1.807) is 0 Å². The lowest BCUT2D eigenvalue weighted by Gasteiger charge is -2.09. The second kappa shape index (κ2) is 6.63. The summed E-state index contributed by atoms with van der Waals surface area (Å²) in [5, 5.41) is 3.05. The van der Waals surface area contributed by atoms with Crippen molar-refractivity contribution < 1.29 is 17.9 Å². The van der Waals surface area contributed by atoms with E-state index in [2.05, 4.69) is 5.32 Å². The zero-order valence-electron chi connectivity index (χ0n) is 11.6. The van der Waals surface area contributed by atoms with Crippen LogP contribution >= 0.6 is 0 Å². The summed E-state index contributed by atoms with van der Waals surface area (Å²) in [7, 11) is 1.87. The normalized spacial score (nSPS) is 11.4. The van der Waals surface area contributed by atoms with Crippen LogP contribution < -0.4 is 10.1 Å². The molecule has 0 aromatic heterocycles. The molecule has 0 aliphatic carbocycles. The fraction of sp³-hybridized carbons (Fsp3) is 0.250. The molecule has 21 heavy (non-hydrogen) atoms. The lowest BCUT2D eigenvalue weighted by molar-refractivity contribution is -0.137. The maximum Gasteiger partial charge on any atom is 0.416 e. The molecule has 0 bridgehead atoms. The highest BCUT2D eigenvalue weighted by Gasteiger charge is 2.29. The average Bonchev–Trinajstić information content (AvgIpc) is 2.46. The molecule has 2 nitrogen and oxygen atoms in total. The third kappa shape index (κ3) is 4.49. The van der Waals surface area contributed by atoms with Gasteiger partial charge >= 0.3 is 6.18 Å². The van der Waals surface area contributed by atoms with E-state index in [-0.39, 0.29) is 6.61 Å². The van der Waals surface area contributed by atoms with Gasteiger partial charge in [-0.3, -0.25) is 0 Å². The molecular formula is C16H16F3NO. The van der Waals surface area contributed by atoms with Crippen LogP contribution in [-0.4, -0.2) is 7.05 Å². The summed E-state index contributed by atoms with van der Waals surface area (Å²) in [4.78, 5) is 0. The smallest absolute Gasteiger partial charge is 0.416 e. The average molecular weight is 295 g/mol. The van der Waals surface area contributed by atoms with Gasteiger partial charge in [0.05, 0.1) is 5.56 Å². The summed E-state index contributed by atoms with van der Waals surface area (Å²) in [6, 6.07) is 12.6. The molecule has 1 N–H and O–H groups in total. The van der Waals surface area contributed by atoms with E-state index in [1.807, 2.05) is 31.3 Å². The highest BCUT2D eigenvalue weighted by Crippen LogP contribution is 2.29. The van der Waals surface area contributed by atoms with Gasteiger partial charge in [0.15, 0.2) is 0 Å². The van der Waals surface area contributed by atoms with E-state index >= 15 is 0 Å². The third-order valence-electron chi connectivity index (χ3n) is 2.99. The summed E-state index contributed by atoms with van der Waals surface area (Å²) in [5.41, 5.74) is 1.18. The molecule has 112 valence electrons. The van der Waals surface area contributed by atoms with E-state index < -0.39 is 11.7 Å². The van der Waals surface area contributed by atoms with E-state index in [0.29, 0.717) is 11.3 Å². The van der Waals surface area contributed by atoms with Crippen LogP contribution in [0.5, 0.6) is 5.75 Å². The van der Waals surface area contributed by atoms with E-state index in [0.717, 1.165) is 24.2 Å². The van der Waals surface area contributed by atoms with Crippen molar-refractivity contribution in [1.29, 1.82) is 0 Å². The Morgan fingerprint density at radius 2 is 1.48 bits per heavy atom. The topological polar surface area (TPSA) is 21.3 Å². The second-order valence-electron chi connectivity index (χ2n) is 4.66. The first-order valence-corrected chi connectivity index (χ1v) is 6.51. The molecular weight excluding hydrogens is 279 g/mol. The predicted octanol–water partition coefficient (Wildman–Crippen LogP) is 4.00. The maximum absolute atomic E-state index is 12.4. The summed E-state index contributed by atoms with van der Waals surface area (Å²) in [6.45, 7) is 1.02. The largest absolute Gasteiger partial charge is 0.489 e. The Morgan fingerprint density at radius 3 is 2.00 bits per heavy atom. The summed E-state index contributed by atoms with van der Waals surface area (Å²) >= 11 is 0. The minimum atomic E-state index is -4.30. The number of benzene rings is 2. The molecule has 0 atom stereocenters. The molecule has 0 radical (unpaired) electrons. The van der Waals surface area contributed by atoms with Gasteiger partial charge in [-0.05, 0) is 42.4 Å². The van der Waals surface area contributed by atoms with Crippen LogP contribution in [0.3, 0.4) is 0 Å². The maximum atomic E-state index is 12.4. The lowest BCUT2D eigenvalue weighted by atomic mass is 10.1. The van der Waals surface area contributed by atoms with Crippen LogP contribution in [0.4, 0.5) is 13.2 Å². The Labute approximate surface area is 121 Å². The van der Waals surface area contributed by atoms with Crippen LogP contribution in [0.25, 0.3) is 0 Å². The van der Waals surface area contributed by atoms with Crippen LogP contribution in [0.15, 0.2) is 48.5 Å². The number of alkyl halides is 3. The Morgan fingerprint density at radius 1 is 0.905 bits per heavy atom. The molecule has 2 aromatic rings. The first-order valence-electron chi connectivity index (χ1n) is 6.51. The third-order valence-corrected chi connectivity index (χ3v) is 2.99. The Balaban J connectivity index is 1.93. The van der Waals surface area contributed by atoms with Crippen LogP contribution in [0.1, 0.15) is 16.7 Å². The highest BCUT2D eigenvalue weighted by atomic mass is 19.4. The van der Waals surface area contributed by atoms with E-state index in [9.17, 15) is 13.2 Å². The minimum Gasteiger partial charge on any atom is -0.489 e. The van der Waals surface area contributed by atoms with Gasteiger partial charge in [0.1, 0.15) is 12.4 Å². The first kappa shape index (κ1) is 15.4. The Kier molecular flexibility index (Phi) is 4.85. The second-order valence-corrected chi connectivity index (χ2v) is 4.66. The van der Waals surface area contributed by atoms with Crippen LogP contribution in [-0.2, 0) is 19.3 Å². The first-order chi connectivity index (χ1) is 9.99. The molecule has 0 aliphatic rings. The Bertz CT molecular complexity index is 562. The molecule has 0 spiro atoms. The van der Waals surface area contributed by atoms with Crippen LogP contribution in [0.2, 0.25) is 0 Å². The molecule has 0 fully saturated rings. The molecule has 0 aliphatic heterocycles. The molecule has 2 rings (SSSR count). The van der Waals surface area contributed by atoms with Crippen molar-refractivity contribution in [3.63, 3.8) is 0 Å². The van der Waals surface area contributed by atoms with Crippen molar-refractivity contribution in [2.24, 2.45) is 0 Å². The zero-order chi connectivity index (χ0) is 15.3. The van der Waals surface area contributed by atoms with Crippen molar-refractivity contribution in [3.05, 3.63) is 65.2 Å².